The highest BCUT2D eigenvalue weighted by Gasteiger charge is 2.46. The molecule has 0 spiro atoms. The van der Waals surface area contributed by atoms with Gasteiger partial charge in [-0.2, -0.15) is 14.9 Å². The Kier molecular flexibility index (Phi) is 5.92. The summed E-state index contributed by atoms with van der Waals surface area (Å²) in [6, 6.07) is 8.30. The molecule has 39 heavy (non-hydrogen) atoms. The van der Waals surface area contributed by atoms with Crippen molar-refractivity contribution in [3.63, 3.8) is 0 Å². The van der Waals surface area contributed by atoms with Gasteiger partial charge in [-0.05, 0) is 42.7 Å². The molecule has 1 aliphatic carbocycles. The molecule has 6 rings (SSSR count). The van der Waals surface area contributed by atoms with Crippen molar-refractivity contribution < 1.29 is 22.4 Å². The van der Waals surface area contributed by atoms with E-state index in [-0.39, 0.29) is 18.5 Å². The molecule has 4 aromatic rings. The number of alkyl halides is 2. The molecule has 1 aliphatic heterocycles. The second-order valence-electron chi connectivity index (χ2n) is 10.3. The highest BCUT2D eigenvalue weighted by molar-refractivity contribution is 6.08. The predicted octanol–water partition coefficient (Wildman–Crippen LogP) is 4.93. The Bertz CT molecular complexity index is 1640. The van der Waals surface area contributed by atoms with Crippen molar-refractivity contribution in [3.8, 4) is 5.69 Å². The molecule has 1 saturated heterocycles. The number of amides is 1. The Morgan fingerprint density at radius 3 is 2.44 bits per heavy atom. The van der Waals surface area contributed by atoms with E-state index in [0.717, 1.165) is 43.8 Å². The third kappa shape index (κ3) is 4.53. The minimum atomic E-state index is -2.69. The van der Waals surface area contributed by atoms with Gasteiger partial charge in [0.05, 0.1) is 22.9 Å². The Balaban J connectivity index is 1.37. The maximum absolute atomic E-state index is 14.3. The average Bonchev–Trinajstić information content (AvgIpc) is 3.49. The molecule has 3 heterocycles. The molecule has 0 unspecified atom stereocenters. The molecule has 2 aliphatic rings. The first kappa shape index (κ1) is 25.1. The fourth-order valence-corrected chi connectivity index (χ4v) is 5.25. The molecular weight excluding hydrogens is 516 g/mol. The molecule has 0 bridgehead atoms. The molecule has 1 N–H and O–H groups in total. The zero-order valence-electron chi connectivity index (χ0n) is 20.9. The van der Waals surface area contributed by atoms with E-state index >= 15 is 0 Å². The van der Waals surface area contributed by atoms with E-state index in [1.54, 1.807) is 23.0 Å². The fraction of sp³-hybridized carbons (Fsp3) is 0.333. The number of carbonyl (C=O) groups is 1. The van der Waals surface area contributed by atoms with Gasteiger partial charge in [0.15, 0.2) is 11.6 Å². The maximum Gasteiger partial charge on any atom is 0.276 e. The highest BCUT2D eigenvalue weighted by atomic mass is 19.3. The van der Waals surface area contributed by atoms with Gasteiger partial charge in [0.2, 0.25) is 0 Å². The smallest absolute Gasteiger partial charge is 0.276 e. The van der Waals surface area contributed by atoms with Gasteiger partial charge < -0.3 is 10.2 Å². The van der Waals surface area contributed by atoms with Crippen LogP contribution in [0.2, 0.25) is 0 Å². The standard InChI is InChI=1S/C27H24F4N6O2/c1-15-9-10-35(13-15)24-17-14-36(16-11-27(30,31)12-16)33-20(17)5-6-21(24)32-26(39)22-7-8-23(38)37(34-22)25-18(28)3-2-4-19(25)29/h2-8,14-16H,9-13H2,1H3,(H,32,39)/t15-/m1/s1. The second kappa shape index (κ2) is 9.21. The van der Waals surface area contributed by atoms with Gasteiger partial charge in [-0.15, -0.1) is 0 Å². The van der Waals surface area contributed by atoms with Gasteiger partial charge in [-0.1, -0.05) is 13.0 Å². The van der Waals surface area contributed by atoms with Crippen molar-refractivity contribution in [2.24, 2.45) is 5.92 Å². The van der Waals surface area contributed by atoms with E-state index in [1.165, 1.54) is 6.07 Å². The van der Waals surface area contributed by atoms with Crippen LogP contribution in [0, 0.1) is 17.6 Å². The Morgan fingerprint density at radius 1 is 1.03 bits per heavy atom. The van der Waals surface area contributed by atoms with Crippen LogP contribution in [-0.2, 0) is 0 Å². The van der Waals surface area contributed by atoms with Crippen LogP contribution in [0.25, 0.3) is 16.6 Å². The summed E-state index contributed by atoms with van der Waals surface area (Å²) in [5, 5.41) is 12.0. The van der Waals surface area contributed by atoms with Crippen molar-refractivity contribution in [1.29, 1.82) is 0 Å². The van der Waals surface area contributed by atoms with Crippen LogP contribution in [0.3, 0.4) is 0 Å². The Morgan fingerprint density at radius 2 is 1.77 bits per heavy atom. The van der Waals surface area contributed by atoms with Crippen LogP contribution in [0.1, 0.15) is 42.7 Å². The lowest BCUT2D eigenvalue weighted by atomic mass is 9.88. The Labute approximate surface area is 219 Å². The number of aromatic nitrogens is 4. The first-order valence-electron chi connectivity index (χ1n) is 12.6. The third-order valence-corrected chi connectivity index (χ3v) is 7.29. The number of fused-ring (bicyclic) bond motifs is 1. The molecule has 8 nitrogen and oxygen atoms in total. The normalized spacial score (nSPS) is 18.9. The van der Waals surface area contributed by atoms with E-state index < -0.39 is 40.8 Å². The molecule has 1 amide bonds. The lowest BCUT2D eigenvalue weighted by Gasteiger charge is -2.34. The fourth-order valence-electron chi connectivity index (χ4n) is 5.25. The van der Waals surface area contributed by atoms with Gasteiger partial charge in [0.25, 0.3) is 17.4 Å². The lowest BCUT2D eigenvalue weighted by molar-refractivity contribution is -0.106. The van der Waals surface area contributed by atoms with Gasteiger partial charge in [0.1, 0.15) is 11.4 Å². The minimum absolute atomic E-state index is 0.231. The van der Waals surface area contributed by atoms with Crippen LogP contribution in [0.15, 0.2) is 53.5 Å². The number of nitrogens with zero attached hydrogens (tertiary/aromatic N) is 5. The number of hydrogen-bond donors (Lipinski definition) is 1. The number of carbonyl (C=O) groups excluding carboxylic acids is 1. The Hall–Kier alpha value is -4.22. The van der Waals surface area contributed by atoms with E-state index in [0.29, 0.717) is 32.9 Å². The van der Waals surface area contributed by atoms with Crippen LogP contribution in [0.5, 0.6) is 0 Å². The largest absolute Gasteiger partial charge is 0.369 e. The molecule has 1 saturated carbocycles. The summed E-state index contributed by atoms with van der Waals surface area (Å²) in [5.74, 6) is -4.98. The second-order valence-corrected chi connectivity index (χ2v) is 10.3. The monoisotopic (exact) mass is 540 g/mol. The molecule has 1 atom stereocenters. The van der Waals surface area contributed by atoms with Crippen molar-refractivity contribution in [2.75, 3.05) is 23.3 Å². The number of hydrogen-bond acceptors (Lipinski definition) is 5. The number of rotatable bonds is 5. The summed E-state index contributed by atoms with van der Waals surface area (Å²) in [5.41, 5.74) is 0.0367. The van der Waals surface area contributed by atoms with Crippen molar-refractivity contribution in [1.82, 2.24) is 19.6 Å². The van der Waals surface area contributed by atoms with E-state index in [1.807, 2.05) is 0 Å². The summed E-state index contributed by atoms with van der Waals surface area (Å²) in [7, 11) is 0. The summed E-state index contributed by atoms with van der Waals surface area (Å²) in [6.07, 6.45) is 2.13. The van der Waals surface area contributed by atoms with Crippen molar-refractivity contribution >= 4 is 28.2 Å². The lowest BCUT2D eigenvalue weighted by Crippen LogP contribution is -2.37. The summed E-state index contributed by atoms with van der Waals surface area (Å²) < 4.78 is 57.8. The molecule has 202 valence electrons. The van der Waals surface area contributed by atoms with Crippen LogP contribution in [0.4, 0.5) is 28.9 Å². The van der Waals surface area contributed by atoms with Crippen LogP contribution in [-0.4, -0.2) is 44.5 Å². The molecule has 2 fully saturated rings. The number of halogens is 4. The van der Waals surface area contributed by atoms with Crippen molar-refractivity contribution in [2.45, 2.75) is 38.2 Å². The van der Waals surface area contributed by atoms with Gasteiger partial charge in [-0.3, -0.25) is 14.3 Å². The SMILES string of the molecule is C[C@@H]1CCN(c2c(NC(=O)c3ccc(=O)n(-c4c(F)cccc4F)n3)ccc3nn(C4CC(F)(F)C4)cc23)C1. The first-order valence-corrected chi connectivity index (χ1v) is 12.6. The molecular formula is C27H24F4N6O2. The van der Waals surface area contributed by atoms with Gasteiger partial charge in [-0.25, -0.2) is 17.6 Å². The molecule has 0 radical (unpaired) electrons. The number of benzene rings is 2. The van der Waals surface area contributed by atoms with Crippen LogP contribution < -0.4 is 15.8 Å². The molecule has 2 aromatic carbocycles. The average molecular weight is 541 g/mol. The number of para-hydroxylation sites is 1. The summed E-state index contributed by atoms with van der Waals surface area (Å²) >= 11 is 0. The van der Waals surface area contributed by atoms with Gasteiger partial charge in [0, 0.05) is 43.6 Å². The molecule has 2 aromatic heterocycles. The third-order valence-electron chi connectivity index (χ3n) is 7.29. The van der Waals surface area contributed by atoms with E-state index in [2.05, 4.69) is 27.3 Å². The maximum atomic E-state index is 14.3. The zero-order chi connectivity index (χ0) is 27.5. The first-order chi connectivity index (χ1) is 18.6. The highest BCUT2D eigenvalue weighted by Crippen LogP contribution is 2.46. The van der Waals surface area contributed by atoms with E-state index in [9.17, 15) is 27.2 Å². The summed E-state index contributed by atoms with van der Waals surface area (Å²) in [6.45, 7) is 3.57. The predicted molar refractivity (Wildman–Crippen MR) is 137 cm³/mol. The molecule has 12 heteroatoms. The van der Waals surface area contributed by atoms with Gasteiger partial charge >= 0.3 is 0 Å². The van der Waals surface area contributed by atoms with Crippen molar-refractivity contribution in [3.05, 3.63) is 76.3 Å². The topological polar surface area (TPSA) is 85.1 Å². The summed E-state index contributed by atoms with van der Waals surface area (Å²) in [4.78, 5) is 27.8. The minimum Gasteiger partial charge on any atom is -0.369 e. The van der Waals surface area contributed by atoms with Crippen LogP contribution >= 0.6 is 0 Å². The number of anilines is 2. The van der Waals surface area contributed by atoms with E-state index in [4.69, 9.17) is 0 Å². The zero-order valence-corrected chi connectivity index (χ0v) is 20.9. The number of nitrogens with one attached hydrogen (secondary N) is 1. The quantitative estimate of drug-likeness (QED) is 0.363.